The first kappa shape index (κ1) is 28.9. The molecule has 2 unspecified atom stereocenters. The molecule has 0 spiro atoms. The quantitative estimate of drug-likeness (QED) is 0.252. The Balaban J connectivity index is 1.53. The Bertz CT molecular complexity index is 1070. The van der Waals surface area contributed by atoms with Gasteiger partial charge in [0.2, 0.25) is 0 Å². The number of Topliss-reactive ketones (excluding diaryl/α,β-unsaturated/α-hetero) is 2. The van der Waals surface area contributed by atoms with Crippen molar-refractivity contribution in [2.75, 3.05) is 6.61 Å². The molecular formula is C30H40O7. The van der Waals surface area contributed by atoms with Crippen LogP contribution in [0.25, 0.3) is 0 Å². The highest BCUT2D eigenvalue weighted by Gasteiger charge is 2.39. The molecule has 1 saturated heterocycles. The summed E-state index contributed by atoms with van der Waals surface area (Å²) in [7, 11) is 0. The first-order valence-electron chi connectivity index (χ1n) is 13.3. The third kappa shape index (κ3) is 7.92. The van der Waals surface area contributed by atoms with Crippen molar-refractivity contribution < 1.29 is 34.1 Å². The van der Waals surface area contributed by atoms with Gasteiger partial charge in [-0.2, -0.15) is 0 Å². The van der Waals surface area contributed by atoms with Crippen molar-refractivity contribution in [3.8, 4) is 0 Å². The van der Waals surface area contributed by atoms with Gasteiger partial charge in [-0.15, -0.1) is 0 Å². The number of carbonyl (C=O) groups excluding carboxylic acids is 3. The Labute approximate surface area is 219 Å². The molecule has 3 rings (SSSR count). The van der Waals surface area contributed by atoms with Crippen LogP contribution in [0.4, 0.5) is 0 Å². The Morgan fingerprint density at radius 2 is 1.24 bits per heavy atom. The molecule has 3 aliphatic rings. The molecule has 2 N–H and O–H groups in total. The number of fused-ring (bicyclic) bond motifs is 1. The summed E-state index contributed by atoms with van der Waals surface area (Å²) in [5.74, 6) is -1.16. The average molecular weight is 513 g/mol. The van der Waals surface area contributed by atoms with E-state index in [0.29, 0.717) is 73.7 Å². The minimum absolute atomic E-state index is 0.0314. The van der Waals surface area contributed by atoms with Crippen LogP contribution in [0.5, 0.6) is 0 Å². The van der Waals surface area contributed by atoms with E-state index in [1.54, 1.807) is 13.8 Å². The lowest BCUT2D eigenvalue weighted by Gasteiger charge is -2.22. The zero-order chi connectivity index (χ0) is 27.4. The molecule has 37 heavy (non-hydrogen) atoms. The largest absolute Gasteiger partial charge is 0.481 e. The highest BCUT2D eigenvalue weighted by molar-refractivity contribution is 6.20. The van der Waals surface area contributed by atoms with Crippen molar-refractivity contribution in [3.63, 3.8) is 0 Å². The highest BCUT2D eigenvalue weighted by atomic mass is 16.6. The number of aliphatic hydroxyl groups excluding tert-OH is 1. The smallest absolute Gasteiger partial charge is 0.309 e. The first-order valence-corrected chi connectivity index (χ1v) is 13.3. The number of ketones is 3. The maximum atomic E-state index is 13.2. The molecule has 0 amide bonds. The third-order valence-electron chi connectivity index (χ3n) is 7.54. The Hall–Kier alpha value is -2.64. The second-order valence-electron chi connectivity index (χ2n) is 11.9. The number of carboxylic acid groups (broad SMARTS) is 1. The fourth-order valence-corrected chi connectivity index (χ4v) is 4.78. The molecule has 0 aromatic heterocycles. The van der Waals surface area contributed by atoms with Gasteiger partial charge in [0.05, 0.1) is 5.41 Å². The van der Waals surface area contributed by atoms with E-state index in [9.17, 15) is 29.4 Å². The second kappa shape index (κ2) is 11.8. The molecule has 202 valence electrons. The normalized spacial score (nSPS) is 22.0. The number of epoxide rings is 1. The fourth-order valence-electron chi connectivity index (χ4n) is 4.78. The average Bonchev–Trinajstić information content (AvgIpc) is 3.57. The SMILES string of the molecule is CC(C)(CO)CCCC1=CC(=O)C=C(CCCC2=CC3OC3C=C(CCCC(C)(C)C(=O)O)C2=O)C1=O. The predicted molar refractivity (Wildman–Crippen MR) is 140 cm³/mol. The summed E-state index contributed by atoms with van der Waals surface area (Å²) in [5.41, 5.74) is 1.26. The van der Waals surface area contributed by atoms with Crippen LogP contribution >= 0.6 is 0 Å². The standard InChI is InChI=1S/C30H40O7/c1-29(2,18-31)12-6-10-20-15-23(32)14-19(26(20)33)8-5-9-21-16-24-25(37-24)17-22(27(21)34)11-7-13-30(3,4)28(35)36/h14-17,24-25,31H,5-13,18H2,1-4H3,(H,35,36). The van der Waals surface area contributed by atoms with Crippen LogP contribution in [0.3, 0.4) is 0 Å². The summed E-state index contributed by atoms with van der Waals surface area (Å²) in [6, 6.07) is 0. The number of hydrogen-bond acceptors (Lipinski definition) is 6. The zero-order valence-electron chi connectivity index (χ0n) is 22.5. The summed E-state index contributed by atoms with van der Waals surface area (Å²) in [6.45, 7) is 7.38. The van der Waals surface area contributed by atoms with Gasteiger partial charge in [-0.25, -0.2) is 0 Å². The summed E-state index contributed by atoms with van der Waals surface area (Å²) in [4.78, 5) is 49.8. The van der Waals surface area contributed by atoms with E-state index in [1.807, 2.05) is 26.0 Å². The minimum Gasteiger partial charge on any atom is -0.481 e. The lowest BCUT2D eigenvalue weighted by Crippen LogP contribution is -2.23. The van der Waals surface area contributed by atoms with E-state index >= 15 is 0 Å². The molecule has 2 aliphatic carbocycles. The molecule has 2 atom stereocenters. The minimum atomic E-state index is -0.850. The van der Waals surface area contributed by atoms with Gasteiger partial charge in [0, 0.05) is 17.8 Å². The van der Waals surface area contributed by atoms with Gasteiger partial charge in [-0.3, -0.25) is 19.2 Å². The fraction of sp³-hybridized carbons (Fsp3) is 0.600. The van der Waals surface area contributed by atoms with E-state index in [-0.39, 0.29) is 41.6 Å². The van der Waals surface area contributed by atoms with Crippen LogP contribution < -0.4 is 0 Å². The molecule has 1 fully saturated rings. The number of hydrogen-bond donors (Lipinski definition) is 2. The van der Waals surface area contributed by atoms with E-state index in [4.69, 9.17) is 4.74 Å². The second-order valence-corrected chi connectivity index (χ2v) is 11.9. The number of carbonyl (C=O) groups is 4. The van der Waals surface area contributed by atoms with Gasteiger partial charge in [-0.05, 0) is 113 Å². The van der Waals surface area contributed by atoms with Gasteiger partial charge >= 0.3 is 5.97 Å². The topological polar surface area (TPSA) is 121 Å². The van der Waals surface area contributed by atoms with E-state index in [2.05, 4.69) is 0 Å². The van der Waals surface area contributed by atoms with Crippen molar-refractivity contribution in [2.24, 2.45) is 10.8 Å². The summed E-state index contributed by atoms with van der Waals surface area (Å²) >= 11 is 0. The Morgan fingerprint density at radius 3 is 1.78 bits per heavy atom. The first-order chi connectivity index (χ1) is 17.3. The van der Waals surface area contributed by atoms with Crippen molar-refractivity contribution in [1.82, 2.24) is 0 Å². The predicted octanol–water partition coefficient (Wildman–Crippen LogP) is 4.83. The molecule has 0 radical (unpaired) electrons. The summed E-state index contributed by atoms with van der Waals surface area (Å²) in [6.07, 6.45) is 11.3. The highest BCUT2D eigenvalue weighted by Crippen LogP contribution is 2.35. The maximum Gasteiger partial charge on any atom is 0.309 e. The Morgan fingerprint density at radius 1 is 0.784 bits per heavy atom. The van der Waals surface area contributed by atoms with Crippen LogP contribution in [0.15, 0.2) is 46.6 Å². The molecule has 0 aromatic rings. The van der Waals surface area contributed by atoms with Gasteiger partial charge in [0.15, 0.2) is 17.3 Å². The van der Waals surface area contributed by atoms with Crippen molar-refractivity contribution in [3.05, 3.63) is 46.6 Å². The molecule has 7 heteroatoms. The van der Waals surface area contributed by atoms with E-state index < -0.39 is 11.4 Å². The number of carboxylic acids is 1. The van der Waals surface area contributed by atoms with Crippen LogP contribution in [0, 0.1) is 10.8 Å². The molecule has 0 bridgehead atoms. The monoisotopic (exact) mass is 512 g/mol. The van der Waals surface area contributed by atoms with E-state index in [1.165, 1.54) is 12.2 Å². The molecule has 1 heterocycles. The number of aliphatic hydroxyl groups is 1. The molecule has 1 aliphatic heterocycles. The number of aliphatic carboxylic acids is 1. The maximum absolute atomic E-state index is 13.2. The van der Waals surface area contributed by atoms with Crippen molar-refractivity contribution in [2.45, 2.75) is 97.7 Å². The Kier molecular flexibility index (Phi) is 9.24. The van der Waals surface area contributed by atoms with E-state index in [0.717, 1.165) is 6.42 Å². The van der Waals surface area contributed by atoms with Crippen LogP contribution in [-0.2, 0) is 23.9 Å². The molecule has 7 nitrogen and oxygen atoms in total. The van der Waals surface area contributed by atoms with Gasteiger partial charge in [-0.1, -0.05) is 13.8 Å². The lowest BCUT2D eigenvalue weighted by molar-refractivity contribution is -0.147. The van der Waals surface area contributed by atoms with Gasteiger partial charge < -0.3 is 14.9 Å². The summed E-state index contributed by atoms with van der Waals surface area (Å²) in [5, 5.41) is 18.8. The lowest BCUT2D eigenvalue weighted by atomic mass is 9.84. The van der Waals surface area contributed by atoms with Crippen LogP contribution in [-0.4, -0.2) is 52.3 Å². The van der Waals surface area contributed by atoms with Crippen LogP contribution in [0.1, 0.15) is 85.5 Å². The van der Waals surface area contributed by atoms with Crippen molar-refractivity contribution >= 4 is 23.3 Å². The molecular weight excluding hydrogens is 472 g/mol. The van der Waals surface area contributed by atoms with Crippen molar-refractivity contribution in [1.29, 1.82) is 0 Å². The van der Waals surface area contributed by atoms with Gasteiger partial charge in [0.1, 0.15) is 12.2 Å². The third-order valence-corrected chi connectivity index (χ3v) is 7.54. The number of allylic oxidation sites excluding steroid dienone is 6. The molecule has 0 aromatic carbocycles. The summed E-state index contributed by atoms with van der Waals surface area (Å²) < 4.78 is 5.63. The van der Waals surface area contributed by atoms with Crippen LogP contribution in [0.2, 0.25) is 0 Å². The number of rotatable bonds is 14. The molecule has 0 saturated carbocycles. The number of ether oxygens (including phenoxy) is 1. The van der Waals surface area contributed by atoms with Gasteiger partial charge in [0.25, 0.3) is 0 Å². The zero-order valence-corrected chi connectivity index (χ0v) is 22.5.